The van der Waals surface area contributed by atoms with Crippen LogP contribution in [-0.4, -0.2) is 11.1 Å². The highest BCUT2D eigenvalue weighted by Crippen LogP contribution is 2.26. The third-order valence-electron chi connectivity index (χ3n) is 3.66. The summed E-state index contributed by atoms with van der Waals surface area (Å²) in [5, 5.41) is 0. The minimum atomic E-state index is -0.346. The molecule has 1 unspecified atom stereocenters. The first-order valence-electron chi connectivity index (χ1n) is 6.55. The summed E-state index contributed by atoms with van der Waals surface area (Å²) in [4.78, 5) is 11.5. The van der Waals surface area contributed by atoms with Gasteiger partial charge in [0.2, 0.25) is 0 Å². The van der Waals surface area contributed by atoms with Gasteiger partial charge in [-0.1, -0.05) is 36.4 Å². The molecule has 102 valence electrons. The third-order valence-corrected chi connectivity index (χ3v) is 3.66. The van der Waals surface area contributed by atoms with Crippen LogP contribution in [0.5, 0.6) is 0 Å². The van der Waals surface area contributed by atoms with Gasteiger partial charge in [0, 0.05) is 19.5 Å². The van der Waals surface area contributed by atoms with Crippen molar-refractivity contribution >= 4 is 11.1 Å². The Morgan fingerprint density at radius 3 is 2.60 bits per heavy atom. The minimum Gasteiger partial charge on any atom is -0.408 e. The number of aryl methyl sites for hydroxylation is 1. The Labute approximate surface area is 116 Å². The number of benzene rings is 2. The lowest BCUT2D eigenvalue weighted by Gasteiger charge is -2.15. The normalized spacial score (nSPS) is 12.7. The number of hydrogen-bond acceptors (Lipinski definition) is 3. The van der Waals surface area contributed by atoms with Gasteiger partial charge in [-0.05, 0) is 23.3 Å². The van der Waals surface area contributed by atoms with Crippen molar-refractivity contribution in [1.29, 1.82) is 0 Å². The van der Waals surface area contributed by atoms with E-state index in [9.17, 15) is 4.79 Å². The van der Waals surface area contributed by atoms with E-state index in [1.54, 1.807) is 7.05 Å². The van der Waals surface area contributed by atoms with Gasteiger partial charge in [-0.15, -0.1) is 0 Å². The van der Waals surface area contributed by atoms with E-state index in [1.165, 1.54) is 10.1 Å². The van der Waals surface area contributed by atoms with Crippen LogP contribution in [0, 0.1) is 0 Å². The maximum absolute atomic E-state index is 11.5. The van der Waals surface area contributed by atoms with E-state index >= 15 is 0 Å². The molecule has 0 amide bonds. The minimum absolute atomic E-state index is 0.116. The second kappa shape index (κ2) is 4.98. The van der Waals surface area contributed by atoms with E-state index < -0.39 is 0 Å². The fourth-order valence-electron chi connectivity index (χ4n) is 2.51. The Bertz CT molecular complexity index is 787. The van der Waals surface area contributed by atoms with Gasteiger partial charge in [0.05, 0.1) is 5.52 Å². The lowest BCUT2D eigenvalue weighted by molar-refractivity contribution is 0.528. The predicted molar refractivity (Wildman–Crippen MR) is 78.8 cm³/mol. The van der Waals surface area contributed by atoms with E-state index in [-0.39, 0.29) is 11.7 Å². The monoisotopic (exact) mass is 268 g/mol. The number of nitrogens with two attached hydrogens (primary N) is 1. The molecule has 0 saturated carbocycles. The molecule has 0 bridgehead atoms. The van der Waals surface area contributed by atoms with Crippen LogP contribution in [0.2, 0.25) is 0 Å². The van der Waals surface area contributed by atoms with Crippen molar-refractivity contribution < 1.29 is 4.42 Å². The smallest absolute Gasteiger partial charge is 0.408 e. The Balaban J connectivity index is 2.13. The first-order chi connectivity index (χ1) is 9.70. The highest BCUT2D eigenvalue weighted by Gasteiger charge is 2.14. The maximum atomic E-state index is 11.5. The van der Waals surface area contributed by atoms with Crippen molar-refractivity contribution in [3.63, 3.8) is 0 Å². The maximum Gasteiger partial charge on any atom is 0.419 e. The van der Waals surface area contributed by atoms with Gasteiger partial charge in [0.15, 0.2) is 5.58 Å². The molecular formula is C16H16N2O2. The number of oxazole rings is 1. The topological polar surface area (TPSA) is 61.2 Å². The van der Waals surface area contributed by atoms with Crippen LogP contribution < -0.4 is 11.5 Å². The molecule has 20 heavy (non-hydrogen) atoms. The highest BCUT2D eigenvalue weighted by molar-refractivity contribution is 5.74. The molecule has 3 rings (SSSR count). The fraction of sp³-hybridized carbons (Fsp3) is 0.188. The van der Waals surface area contributed by atoms with Gasteiger partial charge < -0.3 is 10.2 Å². The van der Waals surface area contributed by atoms with E-state index in [1.807, 2.05) is 36.4 Å². The molecule has 1 atom stereocenters. The van der Waals surface area contributed by atoms with Crippen molar-refractivity contribution in [2.45, 2.75) is 5.92 Å². The van der Waals surface area contributed by atoms with Gasteiger partial charge >= 0.3 is 5.76 Å². The first-order valence-corrected chi connectivity index (χ1v) is 6.55. The highest BCUT2D eigenvalue weighted by atomic mass is 16.4. The van der Waals surface area contributed by atoms with Crippen LogP contribution in [0.15, 0.2) is 57.7 Å². The lowest BCUT2D eigenvalue weighted by Crippen LogP contribution is -2.14. The Morgan fingerprint density at radius 1 is 1.15 bits per heavy atom. The van der Waals surface area contributed by atoms with E-state index in [4.69, 9.17) is 10.2 Å². The van der Waals surface area contributed by atoms with Crippen molar-refractivity contribution in [2.24, 2.45) is 12.8 Å². The largest absolute Gasteiger partial charge is 0.419 e. The SMILES string of the molecule is Cn1c(=O)oc2ccc(C(CN)c3ccccc3)cc21. The predicted octanol–water partition coefficient (Wildman–Crippen LogP) is 2.22. The molecule has 4 heteroatoms. The second-order valence-corrected chi connectivity index (χ2v) is 4.85. The Morgan fingerprint density at radius 2 is 1.90 bits per heavy atom. The van der Waals surface area contributed by atoms with E-state index in [0.29, 0.717) is 12.1 Å². The molecule has 1 heterocycles. The number of fused-ring (bicyclic) bond motifs is 1. The summed E-state index contributed by atoms with van der Waals surface area (Å²) in [6, 6.07) is 15.9. The third kappa shape index (κ3) is 2.04. The van der Waals surface area contributed by atoms with Gasteiger partial charge in [0.25, 0.3) is 0 Å². The van der Waals surface area contributed by atoms with E-state index in [0.717, 1.165) is 11.1 Å². The summed E-state index contributed by atoms with van der Waals surface area (Å²) in [7, 11) is 1.71. The first kappa shape index (κ1) is 12.7. The number of hydrogen-bond donors (Lipinski definition) is 1. The number of nitrogens with zero attached hydrogens (tertiary/aromatic N) is 1. The molecule has 0 aliphatic carbocycles. The zero-order valence-corrected chi connectivity index (χ0v) is 11.2. The van der Waals surface area contributed by atoms with Gasteiger partial charge in [-0.25, -0.2) is 4.79 Å². The Hall–Kier alpha value is -2.33. The standard InChI is InChI=1S/C16H16N2O2/c1-18-14-9-12(7-8-15(14)20-16(18)19)13(10-17)11-5-3-2-4-6-11/h2-9,13H,10,17H2,1H3. The second-order valence-electron chi connectivity index (χ2n) is 4.85. The van der Waals surface area contributed by atoms with Crippen molar-refractivity contribution in [3.8, 4) is 0 Å². The van der Waals surface area contributed by atoms with Gasteiger partial charge in [0.1, 0.15) is 0 Å². The summed E-state index contributed by atoms with van der Waals surface area (Å²) in [6.45, 7) is 0.515. The molecule has 0 radical (unpaired) electrons. The van der Waals surface area contributed by atoms with Crippen LogP contribution >= 0.6 is 0 Å². The number of aromatic nitrogens is 1. The molecule has 0 aliphatic heterocycles. The van der Waals surface area contributed by atoms with Gasteiger partial charge in [-0.3, -0.25) is 4.57 Å². The Kier molecular flexibility index (Phi) is 3.16. The summed E-state index contributed by atoms with van der Waals surface area (Å²) in [5.74, 6) is -0.230. The van der Waals surface area contributed by atoms with Crippen molar-refractivity contribution in [1.82, 2.24) is 4.57 Å². The molecule has 2 aromatic carbocycles. The zero-order chi connectivity index (χ0) is 14.1. The summed E-state index contributed by atoms with van der Waals surface area (Å²) in [6.07, 6.45) is 0. The molecule has 3 aromatic rings. The molecule has 0 fully saturated rings. The van der Waals surface area contributed by atoms with Gasteiger partial charge in [-0.2, -0.15) is 0 Å². The van der Waals surface area contributed by atoms with Crippen LogP contribution in [0.3, 0.4) is 0 Å². The molecule has 2 N–H and O–H groups in total. The molecule has 0 saturated heterocycles. The fourth-order valence-corrected chi connectivity index (χ4v) is 2.51. The molecular weight excluding hydrogens is 252 g/mol. The quantitative estimate of drug-likeness (QED) is 0.792. The zero-order valence-electron chi connectivity index (χ0n) is 11.2. The van der Waals surface area contributed by atoms with Crippen LogP contribution in [0.4, 0.5) is 0 Å². The van der Waals surface area contributed by atoms with Crippen LogP contribution in [0.25, 0.3) is 11.1 Å². The summed E-state index contributed by atoms with van der Waals surface area (Å²) in [5.41, 5.74) is 9.58. The lowest BCUT2D eigenvalue weighted by atomic mass is 9.91. The van der Waals surface area contributed by atoms with Crippen molar-refractivity contribution in [2.75, 3.05) is 6.54 Å². The van der Waals surface area contributed by atoms with Crippen LogP contribution in [-0.2, 0) is 7.05 Å². The molecule has 4 nitrogen and oxygen atoms in total. The van der Waals surface area contributed by atoms with E-state index in [2.05, 4.69) is 12.1 Å². The molecule has 1 aromatic heterocycles. The van der Waals surface area contributed by atoms with Crippen molar-refractivity contribution in [3.05, 3.63) is 70.2 Å². The van der Waals surface area contributed by atoms with Crippen LogP contribution in [0.1, 0.15) is 17.0 Å². The molecule has 0 aliphatic rings. The average Bonchev–Trinajstić information content (AvgIpc) is 2.76. The summed E-state index contributed by atoms with van der Waals surface area (Å²) >= 11 is 0. The molecule has 0 spiro atoms. The average molecular weight is 268 g/mol. The summed E-state index contributed by atoms with van der Waals surface area (Å²) < 4.78 is 6.66. The number of rotatable bonds is 3.